The fraction of sp³-hybridized carbons (Fsp3) is 0.278. The molecule has 0 fully saturated rings. The molecule has 7 heteroatoms. The molecule has 0 amide bonds. The maximum absolute atomic E-state index is 12.5. The molecule has 3 rings (SSSR count). The zero-order chi connectivity index (χ0) is 18.0. The minimum atomic E-state index is -3.15. The fourth-order valence-electron chi connectivity index (χ4n) is 2.47. The van der Waals surface area contributed by atoms with E-state index in [-0.39, 0.29) is 18.0 Å². The summed E-state index contributed by atoms with van der Waals surface area (Å²) in [7, 11) is -3.15. The van der Waals surface area contributed by atoms with Crippen molar-refractivity contribution in [3.05, 3.63) is 59.2 Å². The molecule has 0 aliphatic rings. The van der Waals surface area contributed by atoms with E-state index < -0.39 is 15.1 Å². The molecule has 0 N–H and O–H groups in total. The van der Waals surface area contributed by atoms with E-state index in [1.54, 1.807) is 38.1 Å². The van der Waals surface area contributed by atoms with Crippen LogP contribution >= 0.6 is 11.7 Å². The normalized spacial score (nSPS) is 12.0. The van der Waals surface area contributed by atoms with Crippen molar-refractivity contribution < 1.29 is 13.2 Å². The molecule has 0 unspecified atom stereocenters. The van der Waals surface area contributed by atoms with Crippen LogP contribution in [0.15, 0.2) is 42.5 Å². The average Bonchev–Trinajstić information content (AvgIpc) is 3.04. The third-order valence-electron chi connectivity index (χ3n) is 4.08. The van der Waals surface area contributed by atoms with Crippen molar-refractivity contribution in [2.24, 2.45) is 0 Å². The quantitative estimate of drug-likeness (QED) is 0.618. The Morgan fingerprint density at radius 3 is 2.48 bits per heavy atom. The summed E-state index contributed by atoms with van der Waals surface area (Å²) in [6, 6.07) is 12.4. The number of carbonyl (C=O) groups excluding carboxylic acids is 1. The highest BCUT2D eigenvalue weighted by molar-refractivity contribution is 7.91. The number of carbonyl (C=O) groups is 1. The van der Waals surface area contributed by atoms with Crippen molar-refractivity contribution in [2.75, 3.05) is 0 Å². The summed E-state index contributed by atoms with van der Waals surface area (Å²) >= 11 is 1.13. The SMILES string of the molecule is CC(C)S(=O)(=O)Cc1ccc(C(=O)Cc2cccc3nsnc23)cc1. The van der Waals surface area contributed by atoms with Gasteiger partial charge in [0, 0.05) is 12.0 Å². The maximum atomic E-state index is 12.5. The van der Waals surface area contributed by atoms with Crippen molar-refractivity contribution in [1.29, 1.82) is 0 Å². The summed E-state index contributed by atoms with van der Waals surface area (Å²) in [6.07, 6.45) is 0.242. The highest BCUT2D eigenvalue weighted by Crippen LogP contribution is 2.19. The molecule has 0 radical (unpaired) electrons. The number of nitrogens with zero attached hydrogens (tertiary/aromatic N) is 2. The maximum Gasteiger partial charge on any atom is 0.167 e. The van der Waals surface area contributed by atoms with Crippen LogP contribution < -0.4 is 0 Å². The molecule has 1 aromatic heterocycles. The number of rotatable bonds is 6. The van der Waals surface area contributed by atoms with Gasteiger partial charge in [-0.15, -0.1) is 0 Å². The van der Waals surface area contributed by atoms with E-state index in [4.69, 9.17) is 0 Å². The van der Waals surface area contributed by atoms with Crippen molar-refractivity contribution in [3.8, 4) is 0 Å². The Kier molecular flexibility index (Phi) is 4.96. The summed E-state index contributed by atoms with van der Waals surface area (Å²) in [5.74, 6) is -0.0399. The Morgan fingerprint density at radius 2 is 1.80 bits per heavy atom. The molecular weight excluding hydrogens is 356 g/mol. The summed E-state index contributed by atoms with van der Waals surface area (Å²) < 4.78 is 32.4. The molecule has 0 saturated carbocycles. The van der Waals surface area contributed by atoms with Gasteiger partial charge in [0.2, 0.25) is 0 Å². The van der Waals surface area contributed by atoms with Crippen LogP contribution in [0.1, 0.15) is 35.3 Å². The van der Waals surface area contributed by atoms with Gasteiger partial charge in [-0.1, -0.05) is 36.4 Å². The molecule has 0 aliphatic heterocycles. The van der Waals surface area contributed by atoms with Crippen LogP contribution in [-0.4, -0.2) is 28.2 Å². The molecular formula is C18H18N2O3S2. The molecule has 0 spiro atoms. The highest BCUT2D eigenvalue weighted by atomic mass is 32.2. The van der Waals surface area contributed by atoms with Gasteiger partial charge >= 0.3 is 0 Å². The van der Waals surface area contributed by atoms with Crippen LogP contribution in [0.2, 0.25) is 0 Å². The number of benzene rings is 2. The van der Waals surface area contributed by atoms with E-state index in [2.05, 4.69) is 8.75 Å². The number of hydrogen-bond donors (Lipinski definition) is 0. The Hall–Kier alpha value is -2.12. The number of aromatic nitrogens is 2. The minimum absolute atomic E-state index is 0.0110. The molecule has 0 atom stereocenters. The molecule has 3 aromatic rings. The van der Waals surface area contributed by atoms with Gasteiger partial charge in [-0.2, -0.15) is 8.75 Å². The summed E-state index contributed by atoms with van der Waals surface area (Å²) in [5, 5.41) is -0.416. The number of sulfone groups is 1. The zero-order valence-electron chi connectivity index (χ0n) is 14.0. The minimum Gasteiger partial charge on any atom is -0.294 e. The second-order valence-corrected chi connectivity index (χ2v) is 9.29. The fourth-order valence-corrected chi connectivity index (χ4v) is 4.02. The standard InChI is InChI=1S/C18H18N2O3S2/c1-12(2)25(22,23)11-13-6-8-14(9-7-13)17(21)10-15-4-3-5-16-18(15)20-24-19-16/h3-9,12H,10-11H2,1-2H3. The third-order valence-corrected chi connectivity index (χ3v) is 6.80. The van der Waals surface area contributed by atoms with Crippen molar-refractivity contribution in [2.45, 2.75) is 31.3 Å². The van der Waals surface area contributed by atoms with Gasteiger partial charge in [0.1, 0.15) is 11.0 Å². The third kappa shape index (κ3) is 3.93. The van der Waals surface area contributed by atoms with Crippen LogP contribution in [0.3, 0.4) is 0 Å². The second-order valence-electron chi connectivity index (χ2n) is 6.20. The van der Waals surface area contributed by atoms with Crippen molar-refractivity contribution in [1.82, 2.24) is 8.75 Å². The number of hydrogen-bond acceptors (Lipinski definition) is 6. The molecule has 25 heavy (non-hydrogen) atoms. The van der Waals surface area contributed by atoms with Crippen LogP contribution in [0.4, 0.5) is 0 Å². The zero-order valence-corrected chi connectivity index (χ0v) is 15.6. The van der Waals surface area contributed by atoms with E-state index in [0.29, 0.717) is 11.1 Å². The Morgan fingerprint density at radius 1 is 1.08 bits per heavy atom. The molecule has 5 nitrogen and oxygen atoms in total. The van der Waals surface area contributed by atoms with E-state index in [0.717, 1.165) is 28.3 Å². The van der Waals surface area contributed by atoms with E-state index >= 15 is 0 Å². The van der Waals surface area contributed by atoms with Gasteiger partial charge in [-0.3, -0.25) is 4.79 Å². The Bertz CT molecular complexity index is 1010. The molecule has 130 valence electrons. The van der Waals surface area contributed by atoms with Crippen molar-refractivity contribution >= 4 is 38.4 Å². The summed E-state index contributed by atoms with van der Waals surface area (Å²) in [6.45, 7) is 3.34. The first-order chi connectivity index (χ1) is 11.9. The van der Waals surface area contributed by atoms with Crippen LogP contribution in [0, 0.1) is 0 Å². The first kappa shape index (κ1) is 17.7. The molecule has 2 aromatic carbocycles. The van der Waals surface area contributed by atoms with E-state index in [9.17, 15) is 13.2 Å². The van der Waals surface area contributed by atoms with Crippen LogP contribution in [0.25, 0.3) is 11.0 Å². The van der Waals surface area contributed by atoms with Crippen LogP contribution in [0.5, 0.6) is 0 Å². The van der Waals surface area contributed by atoms with Gasteiger partial charge in [-0.25, -0.2) is 8.42 Å². The first-order valence-corrected chi connectivity index (χ1v) is 10.4. The van der Waals surface area contributed by atoms with Gasteiger partial charge < -0.3 is 0 Å². The van der Waals surface area contributed by atoms with E-state index in [1.165, 1.54) is 0 Å². The van der Waals surface area contributed by atoms with Gasteiger partial charge in [0.05, 0.1) is 22.7 Å². The Balaban J connectivity index is 1.76. The second kappa shape index (κ2) is 7.01. The van der Waals surface area contributed by atoms with Gasteiger partial charge in [-0.05, 0) is 31.0 Å². The lowest BCUT2D eigenvalue weighted by Gasteiger charge is -2.08. The molecule has 0 saturated heterocycles. The van der Waals surface area contributed by atoms with Crippen LogP contribution in [-0.2, 0) is 22.0 Å². The highest BCUT2D eigenvalue weighted by Gasteiger charge is 2.17. The molecule has 0 aliphatic carbocycles. The molecule has 0 bridgehead atoms. The lowest BCUT2D eigenvalue weighted by Crippen LogP contribution is -2.16. The van der Waals surface area contributed by atoms with Crippen molar-refractivity contribution in [3.63, 3.8) is 0 Å². The van der Waals surface area contributed by atoms with Gasteiger partial charge in [0.15, 0.2) is 15.6 Å². The number of ketones is 1. The summed E-state index contributed by atoms with van der Waals surface area (Å²) in [4.78, 5) is 12.5. The first-order valence-electron chi connectivity index (χ1n) is 7.90. The molecule has 1 heterocycles. The summed E-state index contributed by atoms with van der Waals surface area (Å²) in [5.41, 5.74) is 3.66. The average molecular weight is 374 g/mol. The lowest BCUT2D eigenvalue weighted by atomic mass is 10.0. The lowest BCUT2D eigenvalue weighted by molar-refractivity contribution is 0.0993. The van der Waals surface area contributed by atoms with E-state index in [1.807, 2.05) is 18.2 Å². The number of Topliss-reactive ketones (excluding diaryl/α,β-unsaturated/α-hetero) is 1. The largest absolute Gasteiger partial charge is 0.294 e. The monoisotopic (exact) mass is 374 g/mol. The Labute approximate surface area is 151 Å². The van der Waals surface area contributed by atoms with Gasteiger partial charge in [0.25, 0.3) is 0 Å². The number of fused-ring (bicyclic) bond motifs is 1. The predicted octanol–water partition coefficient (Wildman–Crippen LogP) is 3.44. The predicted molar refractivity (Wildman–Crippen MR) is 99.7 cm³/mol. The topological polar surface area (TPSA) is 77.0 Å². The smallest absolute Gasteiger partial charge is 0.167 e.